The smallest absolute Gasteiger partial charge is 0.416 e. The van der Waals surface area contributed by atoms with Crippen LogP contribution >= 0.6 is 0 Å². The highest BCUT2D eigenvalue weighted by Crippen LogP contribution is 2.38. The van der Waals surface area contributed by atoms with Crippen molar-refractivity contribution in [2.75, 3.05) is 20.1 Å². The molecule has 11 heteroatoms. The molecule has 0 spiro atoms. The first-order valence-corrected chi connectivity index (χ1v) is 12.4. The van der Waals surface area contributed by atoms with Gasteiger partial charge in [-0.3, -0.25) is 4.79 Å². The van der Waals surface area contributed by atoms with Gasteiger partial charge in [0.05, 0.1) is 11.1 Å². The van der Waals surface area contributed by atoms with E-state index in [0.717, 1.165) is 16.0 Å². The second-order valence-corrected chi connectivity index (χ2v) is 10.9. The van der Waals surface area contributed by atoms with E-state index in [-0.39, 0.29) is 31.1 Å². The molecule has 1 aliphatic heterocycles. The molecule has 2 atom stereocenters. The summed E-state index contributed by atoms with van der Waals surface area (Å²) in [5.41, 5.74) is -2.09. The highest BCUT2D eigenvalue weighted by molar-refractivity contribution is 5.80. The molecular formula is C28H32F6N2O3. The molecule has 2 aromatic carbocycles. The molecular weight excluding hydrogens is 526 g/mol. The van der Waals surface area contributed by atoms with Crippen molar-refractivity contribution in [1.29, 1.82) is 0 Å². The highest BCUT2D eigenvalue weighted by Gasteiger charge is 2.40. The average Bonchev–Trinajstić information content (AvgIpc) is 2.81. The van der Waals surface area contributed by atoms with Crippen LogP contribution in [0.2, 0.25) is 0 Å². The van der Waals surface area contributed by atoms with Gasteiger partial charge in [-0.2, -0.15) is 26.3 Å². The number of nitrogens with zero attached hydrogens (tertiary/aromatic N) is 2. The van der Waals surface area contributed by atoms with Crippen molar-refractivity contribution >= 4 is 12.0 Å². The number of hydrogen-bond donors (Lipinski definition) is 0. The topological polar surface area (TPSA) is 49.9 Å². The van der Waals surface area contributed by atoms with Gasteiger partial charge in [-0.05, 0) is 63.4 Å². The van der Waals surface area contributed by atoms with E-state index in [1.54, 1.807) is 20.8 Å². The number of benzene rings is 2. The Bertz CT molecular complexity index is 1150. The fraction of sp³-hybridized carbons (Fsp3) is 0.500. The number of aryl methyl sites for hydroxylation is 1. The van der Waals surface area contributed by atoms with Crippen molar-refractivity contribution in [3.63, 3.8) is 0 Å². The average molecular weight is 559 g/mol. The van der Waals surface area contributed by atoms with Gasteiger partial charge >= 0.3 is 18.4 Å². The number of carbonyl (C=O) groups excluding carboxylic acids is 2. The van der Waals surface area contributed by atoms with Gasteiger partial charge in [0.15, 0.2) is 0 Å². The van der Waals surface area contributed by atoms with Crippen LogP contribution in [-0.2, 0) is 28.4 Å². The number of hydrogen-bond acceptors (Lipinski definition) is 3. The number of halogens is 6. The molecule has 0 aromatic heterocycles. The molecule has 1 heterocycles. The Hall–Kier alpha value is -3.24. The number of likely N-dealkylation sites (tertiary alicyclic amines) is 1. The van der Waals surface area contributed by atoms with Crippen LogP contribution in [0.3, 0.4) is 0 Å². The van der Waals surface area contributed by atoms with E-state index in [9.17, 15) is 35.9 Å². The Balaban J connectivity index is 1.88. The largest absolute Gasteiger partial charge is 0.444 e. The molecule has 214 valence electrons. The normalized spacial score (nSPS) is 18.6. The molecule has 0 unspecified atom stereocenters. The first kappa shape index (κ1) is 30.3. The molecule has 0 bridgehead atoms. The fourth-order valence-electron chi connectivity index (χ4n) is 4.64. The summed E-state index contributed by atoms with van der Waals surface area (Å²) in [4.78, 5) is 29.0. The maximum absolute atomic E-state index is 13.6. The van der Waals surface area contributed by atoms with Crippen molar-refractivity contribution in [3.05, 3.63) is 70.3 Å². The van der Waals surface area contributed by atoms with Gasteiger partial charge in [0.1, 0.15) is 5.60 Å². The Morgan fingerprint density at radius 2 is 1.49 bits per heavy atom. The van der Waals surface area contributed by atoms with E-state index in [1.165, 1.54) is 11.9 Å². The zero-order valence-electron chi connectivity index (χ0n) is 22.4. The van der Waals surface area contributed by atoms with E-state index in [0.29, 0.717) is 12.1 Å². The monoisotopic (exact) mass is 558 g/mol. The Kier molecular flexibility index (Phi) is 8.62. The number of amides is 2. The summed E-state index contributed by atoms with van der Waals surface area (Å²) in [5.74, 6) is -1.53. The lowest BCUT2D eigenvalue weighted by atomic mass is 9.79. The predicted octanol–water partition coefficient (Wildman–Crippen LogP) is 7.03. The van der Waals surface area contributed by atoms with E-state index in [2.05, 4.69) is 0 Å². The van der Waals surface area contributed by atoms with E-state index in [1.807, 2.05) is 31.2 Å². The lowest BCUT2D eigenvalue weighted by molar-refractivity contribution is -0.143. The predicted molar refractivity (Wildman–Crippen MR) is 133 cm³/mol. The van der Waals surface area contributed by atoms with Crippen molar-refractivity contribution in [3.8, 4) is 0 Å². The van der Waals surface area contributed by atoms with Gasteiger partial charge in [0, 0.05) is 38.5 Å². The minimum Gasteiger partial charge on any atom is -0.444 e. The molecule has 3 rings (SSSR count). The summed E-state index contributed by atoms with van der Waals surface area (Å²) in [6.07, 6.45) is -10.2. The van der Waals surface area contributed by atoms with Gasteiger partial charge < -0.3 is 14.5 Å². The molecule has 0 saturated carbocycles. The fourth-order valence-corrected chi connectivity index (χ4v) is 4.64. The summed E-state index contributed by atoms with van der Waals surface area (Å²) >= 11 is 0. The number of carbonyl (C=O) groups is 2. The van der Waals surface area contributed by atoms with Crippen molar-refractivity contribution in [1.82, 2.24) is 9.80 Å². The number of ether oxygens (including phenoxy) is 1. The number of piperidine rings is 1. The third-order valence-electron chi connectivity index (χ3n) is 6.53. The van der Waals surface area contributed by atoms with Crippen LogP contribution in [0.1, 0.15) is 60.9 Å². The summed E-state index contributed by atoms with van der Waals surface area (Å²) in [6, 6.07) is 8.75. The van der Waals surface area contributed by atoms with Crippen LogP contribution in [0.25, 0.3) is 0 Å². The second-order valence-electron chi connectivity index (χ2n) is 10.9. The number of alkyl halides is 6. The lowest BCUT2D eigenvalue weighted by Gasteiger charge is -2.40. The quantitative estimate of drug-likeness (QED) is 0.379. The summed E-state index contributed by atoms with van der Waals surface area (Å²) in [6.45, 7) is 7.06. The molecule has 0 aliphatic carbocycles. The Labute approximate surface area is 223 Å². The molecule has 39 heavy (non-hydrogen) atoms. The molecule has 1 aliphatic rings. The Morgan fingerprint density at radius 3 is 1.97 bits per heavy atom. The van der Waals surface area contributed by atoms with E-state index >= 15 is 0 Å². The van der Waals surface area contributed by atoms with Crippen LogP contribution in [-0.4, -0.2) is 47.5 Å². The van der Waals surface area contributed by atoms with Crippen LogP contribution in [0.4, 0.5) is 31.1 Å². The van der Waals surface area contributed by atoms with Gasteiger partial charge in [-0.1, -0.05) is 29.8 Å². The summed E-state index contributed by atoms with van der Waals surface area (Å²) in [7, 11) is 1.35. The van der Waals surface area contributed by atoms with Crippen LogP contribution in [0.15, 0.2) is 42.5 Å². The van der Waals surface area contributed by atoms with Crippen molar-refractivity contribution in [2.24, 2.45) is 5.92 Å². The molecule has 0 radical (unpaired) electrons. The van der Waals surface area contributed by atoms with Crippen LogP contribution < -0.4 is 0 Å². The maximum atomic E-state index is 13.6. The van der Waals surface area contributed by atoms with E-state index < -0.39 is 59.5 Å². The molecule has 1 saturated heterocycles. The Morgan fingerprint density at radius 1 is 0.949 bits per heavy atom. The first-order valence-electron chi connectivity index (χ1n) is 12.4. The van der Waals surface area contributed by atoms with Gasteiger partial charge in [0.25, 0.3) is 0 Å². The standard InChI is InChI=1S/C28H32F6N2O3/c1-17-6-8-19(9-7-17)23-16-36(25(38)39-26(2,3)4)11-10-22(23)24(37)35(5)15-18-12-20(27(29,30)31)14-21(13-18)28(32,33)34/h6-9,12-14,22-23H,10-11,15-16H2,1-5H3/t22-,23+/m1/s1. The van der Waals surface area contributed by atoms with Gasteiger partial charge in [-0.25, -0.2) is 4.79 Å². The summed E-state index contributed by atoms with van der Waals surface area (Å²) in [5, 5.41) is 0. The number of rotatable bonds is 4. The minimum absolute atomic E-state index is 0.0606. The molecule has 1 fully saturated rings. The van der Waals surface area contributed by atoms with E-state index in [4.69, 9.17) is 4.74 Å². The molecule has 0 N–H and O–H groups in total. The minimum atomic E-state index is -4.98. The maximum Gasteiger partial charge on any atom is 0.416 e. The van der Waals surface area contributed by atoms with Crippen LogP contribution in [0.5, 0.6) is 0 Å². The third-order valence-corrected chi connectivity index (χ3v) is 6.53. The second kappa shape index (κ2) is 11.1. The zero-order valence-corrected chi connectivity index (χ0v) is 22.4. The van der Waals surface area contributed by atoms with Crippen molar-refractivity contribution < 1.29 is 40.7 Å². The molecule has 5 nitrogen and oxygen atoms in total. The SMILES string of the molecule is Cc1ccc([C@@H]2CN(C(=O)OC(C)(C)C)CC[C@H]2C(=O)N(C)Cc2cc(C(F)(F)F)cc(C(F)(F)F)c2)cc1. The van der Waals surface area contributed by atoms with Crippen molar-refractivity contribution in [2.45, 2.75) is 64.5 Å². The third kappa shape index (κ3) is 7.89. The van der Waals surface area contributed by atoms with Gasteiger partial charge in [0.2, 0.25) is 5.91 Å². The molecule has 2 amide bonds. The lowest BCUT2D eigenvalue weighted by Crippen LogP contribution is -2.48. The van der Waals surface area contributed by atoms with Crippen LogP contribution in [0, 0.1) is 12.8 Å². The first-order chi connectivity index (χ1) is 17.8. The molecule has 2 aromatic rings. The highest BCUT2D eigenvalue weighted by atomic mass is 19.4. The summed E-state index contributed by atoms with van der Waals surface area (Å²) < 4.78 is 85.3. The zero-order chi connectivity index (χ0) is 29.3. The van der Waals surface area contributed by atoms with Gasteiger partial charge in [-0.15, -0.1) is 0 Å².